The maximum Gasteiger partial charge on any atom is 0.224 e. The minimum atomic E-state index is -0.357. The summed E-state index contributed by atoms with van der Waals surface area (Å²) >= 11 is 0. The molecule has 0 aromatic rings. The van der Waals surface area contributed by atoms with Gasteiger partial charge in [-0.15, -0.1) is 0 Å². The van der Waals surface area contributed by atoms with Gasteiger partial charge in [-0.05, 0) is 19.4 Å². The summed E-state index contributed by atoms with van der Waals surface area (Å²) in [4.78, 5) is 11.8. The summed E-state index contributed by atoms with van der Waals surface area (Å²) in [5, 5.41) is 15.8. The van der Waals surface area contributed by atoms with Gasteiger partial charge < -0.3 is 15.7 Å². The van der Waals surface area contributed by atoms with Crippen LogP contribution in [0.1, 0.15) is 39.5 Å². The highest BCUT2D eigenvalue weighted by Crippen LogP contribution is 2.18. The van der Waals surface area contributed by atoms with E-state index in [1.807, 2.05) is 13.8 Å². The monoisotopic (exact) mass is 228 g/mol. The molecule has 1 aliphatic rings. The van der Waals surface area contributed by atoms with Crippen molar-refractivity contribution in [2.45, 2.75) is 51.7 Å². The number of rotatable bonds is 5. The average molecular weight is 228 g/mol. The second-order valence-electron chi connectivity index (χ2n) is 4.68. The van der Waals surface area contributed by atoms with Crippen molar-refractivity contribution in [3.8, 4) is 0 Å². The first-order chi connectivity index (χ1) is 7.65. The van der Waals surface area contributed by atoms with Crippen molar-refractivity contribution in [1.82, 2.24) is 10.6 Å². The van der Waals surface area contributed by atoms with E-state index in [0.29, 0.717) is 6.54 Å². The zero-order chi connectivity index (χ0) is 12.0. The van der Waals surface area contributed by atoms with Crippen LogP contribution < -0.4 is 10.6 Å². The van der Waals surface area contributed by atoms with Crippen molar-refractivity contribution >= 4 is 5.91 Å². The molecular weight excluding hydrogens is 204 g/mol. The molecule has 0 spiro atoms. The van der Waals surface area contributed by atoms with Crippen LogP contribution in [0, 0.1) is 5.92 Å². The van der Waals surface area contributed by atoms with Gasteiger partial charge in [0.25, 0.3) is 0 Å². The van der Waals surface area contributed by atoms with Gasteiger partial charge in [0.2, 0.25) is 5.91 Å². The summed E-state index contributed by atoms with van der Waals surface area (Å²) in [7, 11) is 0. The molecule has 1 fully saturated rings. The van der Waals surface area contributed by atoms with Gasteiger partial charge in [-0.1, -0.05) is 26.7 Å². The number of hydrogen-bond donors (Lipinski definition) is 3. The summed E-state index contributed by atoms with van der Waals surface area (Å²) < 4.78 is 0. The molecule has 3 atom stereocenters. The van der Waals surface area contributed by atoms with Gasteiger partial charge in [-0.25, -0.2) is 0 Å². The van der Waals surface area contributed by atoms with Crippen molar-refractivity contribution in [3.63, 3.8) is 0 Å². The Hall–Kier alpha value is -0.610. The summed E-state index contributed by atoms with van der Waals surface area (Å²) in [6.45, 7) is 5.51. The number of carbonyl (C=O) groups excluding carboxylic acids is 1. The van der Waals surface area contributed by atoms with Gasteiger partial charge in [-0.2, -0.15) is 0 Å². The molecule has 0 bridgehead atoms. The number of hydrogen-bond acceptors (Lipinski definition) is 3. The first kappa shape index (κ1) is 13.5. The molecule has 1 saturated carbocycles. The highest BCUT2D eigenvalue weighted by atomic mass is 16.3. The molecule has 16 heavy (non-hydrogen) atoms. The smallest absolute Gasteiger partial charge is 0.224 e. The minimum absolute atomic E-state index is 0.0333. The number of amides is 1. The maximum atomic E-state index is 11.8. The van der Waals surface area contributed by atoms with Gasteiger partial charge in [0, 0.05) is 12.5 Å². The molecule has 0 aromatic carbocycles. The van der Waals surface area contributed by atoms with E-state index in [9.17, 15) is 9.90 Å². The van der Waals surface area contributed by atoms with Crippen molar-refractivity contribution in [2.75, 3.05) is 13.1 Å². The lowest BCUT2D eigenvalue weighted by molar-refractivity contribution is -0.126. The summed E-state index contributed by atoms with van der Waals surface area (Å²) in [5.41, 5.74) is 0. The molecule has 0 saturated heterocycles. The lowest BCUT2D eigenvalue weighted by atomic mass is 9.92. The molecular formula is C12H24N2O2. The highest BCUT2D eigenvalue weighted by Gasteiger charge is 2.25. The predicted molar refractivity (Wildman–Crippen MR) is 64.1 cm³/mol. The molecule has 1 aliphatic carbocycles. The molecule has 4 nitrogen and oxygen atoms in total. The molecule has 0 aromatic heterocycles. The Morgan fingerprint density at radius 1 is 1.44 bits per heavy atom. The van der Waals surface area contributed by atoms with E-state index in [1.54, 1.807) is 0 Å². The maximum absolute atomic E-state index is 11.8. The van der Waals surface area contributed by atoms with Gasteiger partial charge in [0.1, 0.15) is 0 Å². The standard InChI is InChI=1S/C12H24N2O2/c1-3-13-8-9(2)12(16)14-10-6-4-5-7-11(10)15/h9-11,13,15H,3-8H2,1-2H3,(H,14,16)/t9?,10-,11-/m0/s1. The van der Waals surface area contributed by atoms with E-state index >= 15 is 0 Å². The first-order valence-electron chi connectivity index (χ1n) is 6.34. The topological polar surface area (TPSA) is 61.4 Å². The molecule has 4 heteroatoms. The van der Waals surface area contributed by atoms with Crippen LogP contribution in [0.4, 0.5) is 0 Å². The van der Waals surface area contributed by atoms with Gasteiger partial charge in [0.05, 0.1) is 12.1 Å². The molecule has 0 aliphatic heterocycles. The number of aliphatic hydroxyl groups excluding tert-OH is 1. The lowest BCUT2D eigenvalue weighted by Crippen LogP contribution is -2.48. The lowest BCUT2D eigenvalue weighted by Gasteiger charge is -2.29. The van der Waals surface area contributed by atoms with E-state index in [4.69, 9.17) is 0 Å². The molecule has 1 amide bonds. The zero-order valence-corrected chi connectivity index (χ0v) is 10.3. The van der Waals surface area contributed by atoms with Crippen LogP contribution in [0.25, 0.3) is 0 Å². The second-order valence-corrected chi connectivity index (χ2v) is 4.68. The Labute approximate surface area is 97.8 Å². The van der Waals surface area contributed by atoms with E-state index in [0.717, 1.165) is 32.2 Å². The van der Waals surface area contributed by atoms with Crippen LogP contribution in [0.5, 0.6) is 0 Å². The van der Waals surface area contributed by atoms with Crippen LogP contribution in [0.3, 0.4) is 0 Å². The highest BCUT2D eigenvalue weighted by molar-refractivity contribution is 5.78. The quantitative estimate of drug-likeness (QED) is 0.647. The third-order valence-electron chi connectivity index (χ3n) is 3.21. The molecule has 0 heterocycles. The summed E-state index contributed by atoms with van der Waals surface area (Å²) in [5.74, 6) is 0.0148. The van der Waals surface area contributed by atoms with Crippen LogP contribution >= 0.6 is 0 Å². The van der Waals surface area contributed by atoms with Crippen molar-refractivity contribution in [3.05, 3.63) is 0 Å². The predicted octanol–water partition coefficient (Wildman–Crippen LogP) is 0.652. The zero-order valence-electron chi connectivity index (χ0n) is 10.3. The molecule has 94 valence electrons. The van der Waals surface area contributed by atoms with Gasteiger partial charge in [0.15, 0.2) is 0 Å². The van der Waals surface area contributed by atoms with E-state index in [2.05, 4.69) is 10.6 Å². The molecule has 0 radical (unpaired) electrons. The van der Waals surface area contributed by atoms with E-state index in [-0.39, 0.29) is 24.0 Å². The molecule has 1 unspecified atom stereocenters. The van der Waals surface area contributed by atoms with Crippen LogP contribution in [-0.4, -0.2) is 36.2 Å². The average Bonchev–Trinajstić information content (AvgIpc) is 2.28. The van der Waals surface area contributed by atoms with Crippen LogP contribution in [-0.2, 0) is 4.79 Å². The molecule has 1 rings (SSSR count). The van der Waals surface area contributed by atoms with Crippen molar-refractivity contribution in [2.24, 2.45) is 5.92 Å². The summed E-state index contributed by atoms with van der Waals surface area (Å²) in [6, 6.07) is -0.0367. The Morgan fingerprint density at radius 3 is 2.75 bits per heavy atom. The Kier molecular flexibility index (Phi) is 5.77. The fourth-order valence-electron chi connectivity index (χ4n) is 2.06. The first-order valence-corrected chi connectivity index (χ1v) is 6.34. The number of aliphatic hydroxyl groups is 1. The number of carbonyl (C=O) groups is 1. The van der Waals surface area contributed by atoms with Crippen LogP contribution in [0.15, 0.2) is 0 Å². The summed E-state index contributed by atoms with van der Waals surface area (Å²) in [6.07, 6.45) is 3.53. The third kappa shape index (κ3) is 4.10. The largest absolute Gasteiger partial charge is 0.391 e. The minimum Gasteiger partial charge on any atom is -0.391 e. The van der Waals surface area contributed by atoms with E-state index < -0.39 is 0 Å². The van der Waals surface area contributed by atoms with Crippen molar-refractivity contribution in [1.29, 1.82) is 0 Å². The Bertz CT molecular complexity index is 221. The van der Waals surface area contributed by atoms with Gasteiger partial charge >= 0.3 is 0 Å². The van der Waals surface area contributed by atoms with Crippen LogP contribution in [0.2, 0.25) is 0 Å². The Balaban J connectivity index is 2.31. The molecule has 3 N–H and O–H groups in total. The second kappa shape index (κ2) is 6.86. The SMILES string of the molecule is CCNCC(C)C(=O)N[C@H]1CCCC[C@@H]1O. The Morgan fingerprint density at radius 2 is 2.12 bits per heavy atom. The van der Waals surface area contributed by atoms with Gasteiger partial charge in [-0.3, -0.25) is 4.79 Å². The fourth-order valence-corrected chi connectivity index (χ4v) is 2.06. The van der Waals surface area contributed by atoms with E-state index in [1.165, 1.54) is 0 Å². The van der Waals surface area contributed by atoms with Crippen molar-refractivity contribution < 1.29 is 9.90 Å². The number of nitrogens with one attached hydrogen (secondary N) is 2. The third-order valence-corrected chi connectivity index (χ3v) is 3.21. The fraction of sp³-hybridized carbons (Fsp3) is 0.917. The normalized spacial score (nSPS) is 27.4.